The van der Waals surface area contributed by atoms with Gasteiger partial charge in [-0.15, -0.1) is 0 Å². The third-order valence-electron chi connectivity index (χ3n) is 3.93. The van der Waals surface area contributed by atoms with Crippen LogP contribution in [0.5, 0.6) is 11.5 Å². The summed E-state index contributed by atoms with van der Waals surface area (Å²) in [6.45, 7) is 2.56. The monoisotopic (exact) mass is 341 g/mol. The molecule has 0 saturated heterocycles. The van der Waals surface area contributed by atoms with Crippen LogP contribution in [0.15, 0.2) is 42.5 Å². The largest absolute Gasteiger partial charge is 0.454 e. The molecule has 6 heteroatoms. The van der Waals surface area contributed by atoms with Gasteiger partial charge in [-0.05, 0) is 50.0 Å². The molecule has 1 aliphatic heterocycles. The van der Waals surface area contributed by atoms with Crippen LogP contribution in [0.4, 0.5) is 5.69 Å². The van der Waals surface area contributed by atoms with Crippen LogP contribution in [0.1, 0.15) is 15.9 Å². The first-order chi connectivity index (χ1) is 12.1. The van der Waals surface area contributed by atoms with Crippen molar-refractivity contribution in [3.05, 3.63) is 53.6 Å². The fraction of sp³-hybridized carbons (Fsp3) is 0.316. The number of benzene rings is 2. The second kappa shape index (κ2) is 7.90. The van der Waals surface area contributed by atoms with Crippen molar-refractivity contribution in [2.24, 2.45) is 0 Å². The van der Waals surface area contributed by atoms with Gasteiger partial charge in [0.15, 0.2) is 11.5 Å². The Labute approximate surface area is 147 Å². The summed E-state index contributed by atoms with van der Waals surface area (Å²) >= 11 is 0. The topological polar surface area (TPSA) is 62.8 Å². The number of nitrogens with zero attached hydrogens (tertiary/aromatic N) is 1. The van der Waals surface area contributed by atoms with E-state index in [1.807, 2.05) is 38.4 Å². The lowest BCUT2D eigenvalue weighted by atomic mass is 10.1. The zero-order valence-electron chi connectivity index (χ0n) is 14.5. The molecule has 2 N–H and O–H groups in total. The molecule has 3 rings (SSSR count). The number of hydrogen-bond donors (Lipinski definition) is 2. The van der Waals surface area contributed by atoms with Gasteiger partial charge in [0.05, 0.1) is 0 Å². The minimum absolute atomic E-state index is 0.133. The fourth-order valence-electron chi connectivity index (χ4n) is 2.49. The third kappa shape index (κ3) is 4.64. The Kier molecular flexibility index (Phi) is 5.40. The van der Waals surface area contributed by atoms with Gasteiger partial charge in [-0.1, -0.05) is 12.1 Å². The van der Waals surface area contributed by atoms with Crippen molar-refractivity contribution in [2.75, 3.05) is 39.3 Å². The lowest BCUT2D eigenvalue weighted by molar-refractivity contribution is 0.0950. The van der Waals surface area contributed by atoms with Gasteiger partial charge in [0.25, 0.3) is 5.91 Å². The number of fused-ring (bicyclic) bond motifs is 1. The van der Waals surface area contributed by atoms with Crippen LogP contribution in [0.25, 0.3) is 0 Å². The minimum Gasteiger partial charge on any atom is -0.454 e. The summed E-state index contributed by atoms with van der Waals surface area (Å²) in [5.74, 6) is 1.15. The van der Waals surface area contributed by atoms with Gasteiger partial charge in [-0.25, -0.2) is 0 Å². The van der Waals surface area contributed by atoms with E-state index in [1.165, 1.54) is 0 Å². The van der Waals surface area contributed by atoms with Crippen LogP contribution in [-0.4, -0.2) is 44.8 Å². The molecule has 0 spiro atoms. The molecule has 2 aromatic rings. The summed E-state index contributed by atoms with van der Waals surface area (Å²) in [5, 5.41) is 6.28. The number of anilines is 1. The average Bonchev–Trinajstić information content (AvgIpc) is 3.08. The Balaban J connectivity index is 1.50. The molecular weight excluding hydrogens is 318 g/mol. The molecule has 0 aromatic heterocycles. The molecule has 0 fully saturated rings. The van der Waals surface area contributed by atoms with E-state index in [2.05, 4.69) is 15.5 Å². The summed E-state index contributed by atoms with van der Waals surface area (Å²) in [5.41, 5.74) is 2.69. The summed E-state index contributed by atoms with van der Waals surface area (Å²) in [7, 11) is 4.10. The van der Waals surface area contributed by atoms with Crippen LogP contribution in [0.3, 0.4) is 0 Å². The van der Waals surface area contributed by atoms with Gasteiger partial charge in [-0.3, -0.25) is 4.79 Å². The number of carbonyl (C=O) groups excluding carboxylic acids is 1. The highest BCUT2D eigenvalue weighted by Crippen LogP contribution is 2.32. The van der Waals surface area contributed by atoms with Gasteiger partial charge in [0, 0.05) is 30.9 Å². The lowest BCUT2D eigenvalue weighted by Crippen LogP contribution is -2.22. The SMILES string of the molecule is CN(C)CCNc1ccc(CNC(=O)c2ccc3c(c2)OCO3)cc1. The predicted molar refractivity (Wildman–Crippen MR) is 97.2 cm³/mol. The normalized spacial score (nSPS) is 12.3. The van der Waals surface area contributed by atoms with E-state index >= 15 is 0 Å². The number of carbonyl (C=O) groups is 1. The van der Waals surface area contributed by atoms with Gasteiger partial charge >= 0.3 is 0 Å². The van der Waals surface area contributed by atoms with Crippen LogP contribution >= 0.6 is 0 Å². The zero-order valence-corrected chi connectivity index (χ0v) is 14.5. The molecule has 6 nitrogen and oxygen atoms in total. The van der Waals surface area contributed by atoms with Gasteiger partial charge in [-0.2, -0.15) is 0 Å². The quantitative estimate of drug-likeness (QED) is 0.809. The first-order valence-electron chi connectivity index (χ1n) is 8.27. The van der Waals surface area contributed by atoms with Crippen LogP contribution in [0, 0.1) is 0 Å². The summed E-state index contributed by atoms with van der Waals surface area (Å²) in [4.78, 5) is 14.4. The van der Waals surface area contributed by atoms with Crippen molar-refractivity contribution < 1.29 is 14.3 Å². The Morgan fingerprint density at radius 2 is 1.84 bits per heavy atom. The second-order valence-corrected chi connectivity index (χ2v) is 6.18. The van der Waals surface area contributed by atoms with E-state index in [0.29, 0.717) is 23.6 Å². The van der Waals surface area contributed by atoms with Gasteiger partial charge < -0.3 is 25.0 Å². The van der Waals surface area contributed by atoms with E-state index in [-0.39, 0.29) is 12.7 Å². The predicted octanol–water partition coefficient (Wildman–Crippen LogP) is 2.32. The smallest absolute Gasteiger partial charge is 0.251 e. The minimum atomic E-state index is -0.133. The Morgan fingerprint density at radius 1 is 1.08 bits per heavy atom. The molecule has 25 heavy (non-hydrogen) atoms. The molecule has 0 unspecified atom stereocenters. The van der Waals surface area contributed by atoms with E-state index in [9.17, 15) is 4.79 Å². The molecule has 0 atom stereocenters. The summed E-state index contributed by atoms with van der Waals surface area (Å²) in [6, 6.07) is 13.3. The molecule has 0 saturated carbocycles. The molecule has 0 radical (unpaired) electrons. The molecule has 2 aromatic carbocycles. The highest BCUT2D eigenvalue weighted by molar-refractivity contribution is 5.94. The van der Waals surface area contributed by atoms with Crippen molar-refractivity contribution in [2.45, 2.75) is 6.54 Å². The lowest BCUT2D eigenvalue weighted by Gasteiger charge is -2.12. The van der Waals surface area contributed by atoms with Crippen LogP contribution < -0.4 is 20.1 Å². The summed E-state index contributed by atoms with van der Waals surface area (Å²) in [6.07, 6.45) is 0. The number of nitrogens with one attached hydrogen (secondary N) is 2. The summed E-state index contributed by atoms with van der Waals surface area (Å²) < 4.78 is 10.6. The molecule has 132 valence electrons. The van der Waals surface area contributed by atoms with E-state index in [4.69, 9.17) is 9.47 Å². The van der Waals surface area contributed by atoms with Crippen molar-refractivity contribution in [1.29, 1.82) is 0 Å². The number of rotatable bonds is 7. The van der Waals surface area contributed by atoms with Crippen molar-refractivity contribution in [3.8, 4) is 11.5 Å². The Hall–Kier alpha value is -2.73. The average molecular weight is 341 g/mol. The van der Waals surface area contributed by atoms with Crippen LogP contribution in [-0.2, 0) is 6.54 Å². The maximum Gasteiger partial charge on any atom is 0.251 e. The van der Waals surface area contributed by atoms with Gasteiger partial charge in [0.1, 0.15) is 0 Å². The Morgan fingerprint density at radius 3 is 2.60 bits per heavy atom. The van der Waals surface area contributed by atoms with E-state index in [0.717, 1.165) is 24.3 Å². The zero-order chi connectivity index (χ0) is 17.6. The highest BCUT2D eigenvalue weighted by Gasteiger charge is 2.15. The first-order valence-corrected chi connectivity index (χ1v) is 8.27. The van der Waals surface area contributed by atoms with Crippen molar-refractivity contribution in [1.82, 2.24) is 10.2 Å². The molecule has 1 amide bonds. The number of amides is 1. The fourth-order valence-corrected chi connectivity index (χ4v) is 2.49. The number of likely N-dealkylation sites (N-methyl/N-ethyl adjacent to an activating group) is 1. The molecule has 0 bridgehead atoms. The molecule has 0 aliphatic carbocycles. The number of hydrogen-bond acceptors (Lipinski definition) is 5. The molecule has 1 heterocycles. The molecule has 1 aliphatic rings. The van der Waals surface area contributed by atoms with E-state index < -0.39 is 0 Å². The van der Waals surface area contributed by atoms with E-state index in [1.54, 1.807) is 18.2 Å². The third-order valence-corrected chi connectivity index (χ3v) is 3.93. The maximum absolute atomic E-state index is 12.3. The highest BCUT2D eigenvalue weighted by atomic mass is 16.7. The standard InChI is InChI=1S/C19H23N3O3/c1-22(2)10-9-20-16-6-3-14(4-7-16)12-21-19(23)15-5-8-17-18(11-15)25-13-24-17/h3-8,11,20H,9-10,12-13H2,1-2H3,(H,21,23). The van der Waals surface area contributed by atoms with Crippen LogP contribution in [0.2, 0.25) is 0 Å². The number of ether oxygens (including phenoxy) is 2. The Bertz CT molecular complexity index is 729. The maximum atomic E-state index is 12.3. The van der Waals surface area contributed by atoms with Crippen molar-refractivity contribution >= 4 is 11.6 Å². The molecular formula is C19H23N3O3. The van der Waals surface area contributed by atoms with Crippen molar-refractivity contribution in [3.63, 3.8) is 0 Å². The second-order valence-electron chi connectivity index (χ2n) is 6.18. The van der Waals surface area contributed by atoms with Gasteiger partial charge in [0.2, 0.25) is 6.79 Å². The first kappa shape index (κ1) is 17.1.